The summed E-state index contributed by atoms with van der Waals surface area (Å²) >= 11 is 7.50. The number of hydrogen-bond donors (Lipinski definition) is 0. The lowest BCUT2D eigenvalue weighted by molar-refractivity contribution is 0.102. The summed E-state index contributed by atoms with van der Waals surface area (Å²) in [4.78, 5) is 13.1. The number of aryl methyl sites for hydroxylation is 1. The molecule has 2 aromatic heterocycles. The zero-order chi connectivity index (χ0) is 21.8. The zero-order valence-corrected chi connectivity index (χ0v) is 18.5. The predicted molar refractivity (Wildman–Crippen MR) is 123 cm³/mol. The van der Waals surface area contributed by atoms with Crippen molar-refractivity contribution in [1.82, 2.24) is 19.3 Å². The van der Waals surface area contributed by atoms with E-state index in [4.69, 9.17) is 16.9 Å². The Balaban J connectivity index is 1.57. The van der Waals surface area contributed by atoms with Gasteiger partial charge in [-0.3, -0.25) is 4.79 Å². The molecule has 0 fully saturated rings. The number of halogens is 1. The van der Waals surface area contributed by atoms with Crippen LogP contribution >= 0.6 is 23.4 Å². The molecule has 156 valence electrons. The van der Waals surface area contributed by atoms with Gasteiger partial charge in [-0.05, 0) is 25.1 Å². The van der Waals surface area contributed by atoms with Crippen molar-refractivity contribution in [2.45, 2.75) is 31.6 Å². The number of hydrogen-bond acceptors (Lipinski definition) is 5. The molecule has 0 aliphatic heterocycles. The predicted octanol–water partition coefficient (Wildman–Crippen LogP) is 5.46. The second-order valence-corrected chi connectivity index (χ2v) is 8.31. The summed E-state index contributed by atoms with van der Waals surface area (Å²) in [5.74, 6) is 1.000. The number of benzene rings is 2. The molecule has 0 amide bonds. The Morgan fingerprint density at radius 1 is 1.19 bits per heavy atom. The molecule has 0 aliphatic carbocycles. The highest BCUT2D eigenvalue weighted by Crippen LogP contribution is 2.28. The highest BCUT2D eigenvalue weighted by molar-refractivity contribution is 7.99. The Morgan fingerprint density at radius 2 is 2.03 bits per heavy atom. The molecule has 0 saturated carbocycles. The first-order chi connectivity index (χ1) is 15.1. The summed E-state index contributed by atoms with van der Waals surface area (Å²) in [6.07, 6.45) is 2.25. The van der Waals surface area contributed by atoms with E-state index in [1.165, 1.54) is 11.8 Å². The number of para-hydroxylation sites is 1. The maximum atomic E-state index is 13.1. The van der Waals surface area contributed by atoms with Crippen LogP contribution < -0.4 is 0 Å². The van der Waals surface area contributed by atoms with Crippen LogP contribution in [0.25, 0.3) is 22.3 Å². The molecule has 0 spiro atoms. The highest BCUT2D eigenvalue weighted by Gasteiger charge is 2.18. The van der Waals surface area contributed by atoms with Crippen molar-refractivity contribution < 1.29 is 4.79 Å². The van der Waals surface area contributed by atoms with E-state index in [2.05, 4.69) is 16.3 Å². The van der Waals surface area contributed by atoms with Crippen molar-refractivity contribution in [2.24, 2.45) is 0 Å². The number of fused-ring (bicyclic) bond motifs is 1. The Hall–Kier alpha value is -3.08. The van der Waals surface area contributed by atoms with E-state index in [0.717, 1.165) is 22.3 Å². The number of aromatic nitrogens is 4. The van der Waals surface area contributed by atoms with E-state index in [-0.39, 0.29) is 11.5 Å². The Kier molecular flexibility index (Phi) is 6.40. The van der Waals surface area contributed by atoms with E-state index < -0.39 is 0 Å². The van der Waals surface area contributed by atoms with Crippen molar-refractivity contribution in [3.8, 4) is 17.5 Å². The fourth-order valence-corrected chi connectivity index (χ4v) is 4.63. The number of carbonyl (C=O) groups is 1. The number of nitrogens with zero attached hydrogens (tertiary/aromatic N) is 5. The minimum Gasteiger partial charge on any atom is -0.346 e. The van der Waals surface area contributed by atoms with Crippen LogP contribution in [-0.2, 0) is 13.1 Å². The van der Waals surface area contributed by atoms with Crippen LogP contribution in [0.5, 0.6) is 0 Å². The summed E-state index contributed by atoms with van der Waals surface area (Å²) in [6.45, 7) is 3.26. The van der Waals surface area contributed by atoms with Crippen molar-refractivity contribution in [3.63, 3.8) is 0 Å². The van der Waals surface area contributed by atoms with Gasteiger partial charge in [0, 0.05) is 46.3 Å². The SMILES string of the molecule is CCn1c(SCC(=O)c2cn(CCC#N)c3ccccc23)nnc1-c1cccc(Cl)c1. The lowest BCUT2D eigenvalue weighted by Crippen LogP contribution is -2.05. The fourth-order valence-electron chi connectivity index (χ4n) is 3.55. The molecular formula is C23H20ClN5OS. The summed E-state index contributed by atoms with van der Waals surface area (Å²) in [7, 11) is 0. The first-order valence-electron chi connectivity index (χ1n) is 9.92. The molecule has 6 nitrogen and oxygen atoms in total. The van der Waals surface area contributed by atoms with Gasteiger partial charge in [0.15, 0.2) is 16.8 Å². The average Bonchev–Trinajstić information content (AvgIpc) is 3.37. The van der Waals surface area contributed by atoms with Crippen molar-refractivity contribution in [3.05, 3.63) is 65.3 Å². The Labute approximate surface area is 189 Å². The molecule has 2 aromatic carbocycles. The largest absolute Gasteiger partial charge is 0.346 e. The molecule has 0 unspecified atom stereocenters. The topological polar surface area (TPSA) is 76.5 Å². The van der Waals surface area contributed by atoms with E-state index >= 15 is 0 Å². The van der Waals surface area contributed by atoms with Gasteiger partial charge >= 0.3 is 0 Å². The van der Waals surface area contributed by atoms with Gasteiger partial charge in [-0.2, -0.15) is 5.26 Å². The smallest absolute Gasteiger partial charge is 0.191 e. The average molecular weight is 450 g/mol. The van der Waals surface area contributed by atoms with Gasteiger partial charge in [-0.1, -0.05) is 53.7 Å². The molecule has 0 atom stereocenters. The lowest BCUT2D eigenvalue weighted by atomic mass is 10.1. The van der Waals surface area contributed by atoms with E-state index in [1.807, 2.05) is 70.8 Å². The molecule has 2 heterocycles. The van der Waals surface area contributed by atoms with Crippen molar-refractivity contribution >= 4 is 40.0 Å². The van der Waals surface area contributed by atoms with Crippen LogP contribution in [0.3, 0.4) is 0 Å². The molecular weight excluding hydrogens is 430 g/mol. The number of ketones is 1. The van der Waals surface area contributed by atoms with Crippen molar-refractivity contribution in [1.29, 1.82) is 5.26 Å². The Morgan fingerprint density at radius 3 is 2.81 bits per heavy atom. The number of thioether (sulfide) groups is 1. The zero-order valence-electron chi connectivity index (χ0n) is 17.0. The van der Waals surface area contributed by atoms with Gasteiger partial charge in [0.05, 0.1) is 18.2 Å². The molecule has 0 aliphatic rings. The molecule has 0 radical (unpaired) electrons. The lowest BCUT2D eigenvalue weighted by Gasteiger charge is -2.07. The van der Waals surface area contributed by atoms with Crippen LogP contribution in [-0.4, -0.2) is 30.9 Å². The van der Waals surface area contributed by atoms with E-state index in [9.17, 15) is 4.79 Å². The minimum absolute atomic E-state index is 0.0202. The summed E-state index contributed by atoms with van der Waals surface area (Å²) in [5, 5.41) is 19.8. The van der Waals surface area contributed by atoms with Gasteiger partial charge in [-0.25, -0.2) is 0 Å². The molecule has 4 aromatic rings. The first-order valence-corrected chi connectivity index (χ1v) is 11.3. The maximum Gasteiger partial charge on any atom is 0.191 e. The standard InChI is InChI=1S/C23H20ClN5OS/c1-2-29-22(16-7-5-8-17(24)13-16)26-27-23(29)31-15-21(30)19-14-28(12-6-11-25)20-10-4-3-9-18(19)20/h3-5,7-10,13-14H,2,6,12,15H2,1H3. The van der Waals surface area contributed by atoms with Gasteiger partial charge in [0.1, 0.15) is 0 Å². The molecule has 0 N–H and O–H groups in total. The molecule has 8 heteroatoms. The van der Waals surface area contributed by atoms with Crippen LogP contribution in [0.1, 0.15) is 23.7 Å². The quantitative estimate of drug-likeness (QED) is 0.263. The number of nitriles is 1. The third kappa shape index (κ3) is 4.36. The first kappa shape index (κ1) is 21.2. The molecule has 0 saturated heterocycles. The van der Waals surface area contributed by atoms with E-state index in [1.54, 1.807) is 0 Å². The van der Waals surface area contributed by atoms with Crippen LogP contribution in [0.15, 0.2) is 59.9 Å². The fraction of sp³-hybridized carbons (Fsp3) is 0.217. The number of Topliss-reactive ketones (excluding diaryl/α,β-unsaturated/α-hetero) is 1. The van der Waals surface area contributed by atoms with Gasteiger partial charge in [0.2, 0.25) is 0 Å². The van der Waals surface area contributed by atoms with Crippen LogP contribution in [0.2, 0.25) is 5.02 Å². The minimum atomic E-state index is 0.0202. The van der Waals surface area contributed by atoms with Gasteiger partial charge in [0.25, 0.3) is 0 Å². The second-order valence-electron chi connectivity index (χ2n) is 6.93. The molecule has 31 heavy (non-hydrogen) atoms. The van der Waals surface area contributed by atoms with Gasteiger partial charge < -0.3 is 9.13 Å². The molecule has 4 rings (SSSR count). The number of rotatable bonds is 8. The maximum absolute atomic E-state index is 13.1. The normalized spacial score (nSPS) is 11.0. The third-order valence-electron chi connectivity index (χ3n) is 5.00. The number of carbonyl (C=O) groups excluding carboxylic acids is 1. The summed E-state index contributed by atoms with van der Waals surface area (Å²) in [5.41, 5.74) is 2.52. The summed E-state index contributed by atoms with van der Waals surface area (Å²) < 4.78 is 3.96. The van der Waals surface area contributed by atoms with E-state index in [0.29, 0.717) is 35.3 Å². The van der Waals surface area contributed by atoms with Crippen molar-refractivity contribution in [2.75, 3.05) is 5.75 Å². The third-order valence-corrected chi connectivity index (χ3v) is 6.20. The summed E-state index contributed by atoms with van der Waals surface area (Å²) in [6, 6.07) is 17.4. The van der Waals surface area contributed by atoms with Crippen LogP contribution in [0, 0.1) is 11.3 Å². The monoisotopic (exact) mass is 449 g/mol. The molecule has 0 bridgehead atoms. The van der Waals surface area contributed by atoms with Gasteiger partial charge in [-0.15, -0.1) is 10.2 Å². The Bertz CT molecular complexity index is 1290. The highest BCUT2D eigenvalue weighted by atomic mass is 35.5. The van der Waals surface area contributed by atoms with Crippen LogP contribution in [0.4, 0.5) is 0 Å². The second kappa shape index (κ2) is 9.38.